The molecular formula is C7H15NO. The summed E-state index contributed by atoms with van der Waals surface area (Å²) in [4.78, 5) is 4.88. The maximum absolute atomic E-state index is 4.88. The number of hydroxylamine groups is 1. The highest BCUT2D eigenvalue weighted by Crippen LogP contribution is 2.03. The summed E-state index contributed by atoms with van der Waals surface area (Å²) in [6.07, 6.45) is 2.03. The number of rotatable bonds is 0. The number of allylic oxidation sites excluding steroid dienone is 1. The molecule has 9 heavy (non-hydrogen) atoms. The average molecular weight is 129 g/mol. The van der Waals surface area contributed by atoms with Crippen LogP contribution in [0, 0.1) is 0 Å². The zero-order valence-electron chi connectivity index (χ0n) is 6.56. The Labute approximate surface area is 56.9 Å². The van der Waals surface area contributed by atoms with Gasteiger partial charge in [0.1, 0.15) is 5.76 Å². The van der Waals surface area contributed by atoms with Crippen molar-refractivity contribution >= 4 is 0 Å². The zero-order valence-corrected chi connectivity index (χ0v) is 6.56. The van der Waals surface area contributed by atoms with Crippen molar-refractivity contribution in [2.75, 3.05) is 0 Å². The molecule has 1 heterocycles. The van der Waals surface area contributed by atoms with Crippen molar-refractivity contribution in [1.29, 1.82) is 0 Å². The summed E-state index contributed by atoms with van der Waals surface area (Å²) < 4.78 is 0. The van der Waals surface area contributed by atoms with Gasteiger partial charge >= 0.3 is 0 Å². The summed E-state index contributed by atoms with van der Waals surface area (Å²) in [6, 6.07) is 0.389. The Hall–Kier alpha value is -0.500. The van der Waals surface area contributed by atoms with E-state index in [-0.39, 0.29) is 0 Å². The lowest BCUT2D eigenvalue weighted by Gasteiger charge is -1.96. The fourth-order valence-electron chi connectivity index (χ4n) is 0.606. The molecule has 1 unspecified atom stereocenters. The highest BCUT2D eigenvalue weighted by Gasteiger charge is 2.05. The van der Waals surface area contributed by atoms with Crippen molar-refractivity contribution in [2.24, 2.45) is 0 Å². The molecule has 0 fully saturated rings. The van der Waals surface area contributed by atoms with Crippen molar-refractivity contribution in [2.45, 2.75) is 33.7 Å². The van der Waals surface area contributed by atoms with E-state index >= 15 is 0 Å². The number of hydrogen-bond acceptors (Lipinski definition) is 2. The first-order chi connectivity index (χ1) is 4.29. The summed E-state index contributed by atoms with van der Waals surface area (Å²) in [7, 11) is 0. The standard InChI is InChI=1S/C5H9NO.C2H6/c1-4-3-5(2)7-6-4;1-2/h3-4,6H,1-2H3;1-2H3. The Kier molecular flexibility index (Phi) is 4.14. The van der Waals surface area contributed by atoms with Gasteiger partial charge in [0.05, 0.1) is 6.04 Å². The van der Waals surface area contributed by atoms with E-state index in [0.29, 0.717) is 6.04 Å². The smallest absolute Gasteiger partial charge is 0.118 e. The first kappa shape index (κ1) is 8.50. The predicted molar refractivity (Wildman–Crippen MR) is 38.8 cm³/mol. The highest BCUT2D eigenvalue weighted by molar-refractivity contribution is 4.98. The maximum Gasteiger partial charge on any atom is 0.118 e. The third-order valence-corrected chi connectivity index (χ3v) is 0.891. The van der Waals surface area contributed by atoms with Gasteiger partial charge < -0.3 is 4.84 Å². The van der Waals surface area contributed by atoms with Crippen LogP contribution < -0.4 is 5.48 Å². The van der Waals surface area contributed by atoms with Crippen LogP contribution in [0.25, 0.3) is 0 Å². The molecule has 1 atom stereocenters. The first-order valence-corrected chi connectivity index (χ1v) is 3.40. The van der Waals surface area contributed by atoms with E-state index in [9.17, 15) is 0 Å². The molecule has 1 aliphatic heterocycles. The number of nitrogens with one attached hydrogen (secondary N) is 1. The molecule has 0 saturated carbocycles. The highest BCUT2D eigenvalue weighted by atomic mass is 16.7. The molecule has 1 N–H and O–H groups in total. The van der Waals surface area contributed by atoms with E-state index in [1.54, 1.807) is 0 Å². The first-order valence-electron chi connectivity index (χ1n) is 3.40. The zero-order chi connectivity index (χ0) is 7.28. The van der Waals surface area contributed by atoms with Gasteiger partial charge in [-0.05, 0) is 19.9 Å². The second-order valence-electron chi connectivity index (χ2n) is 1.79. The van der Waals surface area contributed by atoms with Gasteiger partial charge in [-0.1, -0.05) is 13.8 Å². The van der Waals surface area contributed by atoms with Gasteiger partial charge in [0.15, 0.2) is 0 Å². The Balaban J connectivity index is 0.000000291. The van der Waals surface area contributed by atoms with Gasteiger partial charge in [0.25, 0.3) is 0 Å². The summed E-state index contributed by atoms with van der Waals surface area (Å²) in [5.74, 6) is 0.965. The summed E-state index contributed by atoms with van der Waals surface area (Å²) in [5, 5.41) is 0. The summed E-state index contributed by atoms with van der Waals surface area (Å²) in [6.45, 7) is 7.97. The molecule has 2 nitrogen and oxygen atoms in total. The Morgan fingerprint density at radius 3 is 2.22 bits per heavy atom. The van der Waals surface area contributed by atoms with Gasteiger partial charge in [-0.2, -0.15) is 5.48 Å². The minimum Gasteiger partial charge on any atom is -0.413 e. The predicted octanol–water partition coefficient (Wildman–Crippen LogP) is 1.84. The van der Waals surface area contributed by atoms with Crippen molar-refractivity contribution in [3.05, 3.63) is 11.8 Å². The lowest BCUT2D eigenvalue weighted by Crippen LogP contribution is -2.15. The van der Waals surface area contributed by atoms with Crippen LogP contribution in [0.2, 0.25) is 0 Å². The SMILES string of the molecule is CC.CC1=CC(C)NO1. The van der Waals surface area contributed by atoms with Crippen LogP contribution in [0.15, 0.2) is 11.8 Å². The van der Waals surface area contributed by atoms with Crippen LogP contribution in [0.5, 0.6) is 0 Å². The molecule has 0 aliphatic carbocycles. The minimum absolute atomic E-state index is 0.389. The fourth-order valence-corrected chi connectivity index (χ4v) is 0.606. The Bertz CT molecular complexity index is 99.1. The molecule has 0 spiro atoms. The fraction of sp³-hybridized carbons (Fsp3) is 0.714. The second-order valence-corrected chi connectivity index (χ2v) is 1.79. The Morgan fingerprint density at radius 2 is 2.11 bits per heavy atom. The van der Waals surface area contributed by atoms with Crippen LogP contribution >= 0.6 is 0 Å². The lowest BCUT2D eigenvalue weighted by atomic mass is 10.3. The van der Waals surface area contributed by atoms with Gasteiger partial charge in [0, 0.05) is 0 Å². The molecule has 0 amide bonds. The molecule has 0 bridgehead atoms. The van der Waals surface area contributed by atoms with E-state index < -0.39 is 0 Å². The molecule has 1 aliphatic rings. The average Bonchev–Trinajstić information content (AvgIpc) is 2.20. The van der Waals surface area contributed by atoms with Crippen LogP contribution in [-0.4, -0.2) is 6.04 Å². The van der Waals surface area contributed by atoms with Gasteiger partial charge in [-0.15, -0.1) is 0 Å². The number of hydrogen-bond donors (Lipinski definition) is 1. The monoisotopic (exact) mass is 129 g/mol. The van der Waals surface area contributed by atoms with E-state index in [1.807, 2.05) is 33.8 Å². The molecule has 2 heteroatoms. The molecular weight excluding hydrogens is 114 g/mol. The van der Waals surface area contributed by atoms with Crippen molar-refractivity contribution < 1.29 is 4.84 Å². The van der Waals surface area contributed by atoms with E-state index in [0.717, 1.165) is 5.76 Å². The molecule has 1 rings (SSSR count). The van der Waals surface area contributed by atoms with Crippen molar-refractivity contribution in [1.82, 2.24) is 5.48 Å². The van der Waals surface area contributed by atoms with Gasteiger partial charge in [-0.25, -0.2) is 0 Å². The Morgan fingerprint density at radius 1 is 1.56 bits per heavy atom. The molecule has 54 valence electrons. The largest absolute Gasteiger partial charge is 0.413 e. The quantitative estimate of drug-likeness (QED) is 0.539. The molecule has 0 aromatic heterocycles. The van der Waals surface area contributed by atoms with Crippen molar-refractivity contribution in [3.8, 4) is 0 Å². The second kappa shape index (κ2) is 4.39. The minimum atomic E-state index is 0.389. The normalized spacial score (nSPS) is 23.6. The van der Waals surface area contributed by atoms with Crippen LogP contribution in [0.3, 0.4) is 0 Å². The molecule has 0 aromatic rings. The molecule has 0 saturated heterocycles. The maximum atomic E-state index is 4.88. The summed E-state index contributed by atoms with van der Waals surface area (Å²) in [5.41, 5.74) is 2.78. The topological polar surface area (TPSA) is 21.3 Å². The molecule has 0 aromatic carbocycles. The van der Waals surface area contributed by atoms with Gasteiger partial charge in [0.2, 0.25) is 0 Å². The van der Waals surface area contributed by atoms with Crippen molar-refractivity contribution in [3.63, 3.8) is 0 Å². The van der Waals surface area contributed by atoms with Gasteiger partial charge in [-0.3, -0.25) is 0 Å². The van der Waals surface area contributed by atoms with Crippen LogP contribution in [0.4, 0.5) is 0 Å². The van der Waals surface area contributed by atoms with E-state index in [1.165, 1.54) is 0 Å². The molecule has 0 radical (unpaired) electrons. The summed E-state index contributed by atoms with van der Waals surface area (Å²) >= 11 is 0. The third kappa shape index (κ3) is 3.14. The van der Waals surface area contributed by atoms with Crippen LogP contribution in [-0.2, 0) is 4.84 Å². The van der Waals surface area contributed by atoms with E-state index in [4.69, 9.17) is 4.84 Å². The lowest BCUT2D eigenvalue weighted by molar-refractivity contribution is 0.121. The van der Waals surface area contributed by atoms with Crippen LogP contribution in [0.1, 0.15) is 27.7 Å². The van der Waals surface area contributed by atoms with E-state index in [2.05, 4.69) is 5.48 Å². The third-order valence-electron chi connectivity index (χ3n) is 0.891.